The van der Waals surface area contributed by atoms with Crippen molar-refractivity contribution in [2.24, 2.45) is 0 Å². The summed E-state index contributed by atoms with van der Waals surface area (Å²) in [6.45, 7) is 0.650. The van der Waals surface area contributed by atoms with E-state index < -0.39 is 0 Å². The molecule has 0 aliphatic heterocycles. The van der Waals surface area contributed by atoms with Gasteiger partial charge in [0.2, 0.25) is 0 Å². The fourth-order valence-electron chi connectivity index (χ4n) is 2.44. The highest BCUT2D eigenvalue weighted by molar-refractivity contribution is 7.80. The van der Waals surface area contributed by atoms with Crippen molar-refractivity contribution in [3.63, 3.8) is 0 Å². The van der Waals surface area contributed by atoms with Crippen LogP contribution in [0.5, 0.6) is 11.5 Å². The van der Waals surface area contributed by atoms with Crippen molar-refractivity contribution in [3.05, 3.63) is 48.3 Å². The topological polar surface area (TPSA) is 58.7 Å². The predicted octanol–water partition coefficient (Wildman–Crippen LogP) is 2.69. The van der Waals surface area contributed by atoms with Crippen molar-refractivity contribution in [1.82, 2.24) is 15.2 Å². The molecule has 2 aromatic rings. The van der Waals surface area contributed by atoms with Crippen molar-refractivity contribution in [2.45, 2.75) is 6.04 Å². The lowest BCUT2D eigenvalue weighted by atomic mass is 10.1. The normalized spacial score (nSPS) is 11.7. The molecule has 2 N–H and O–H groups in total. The van der Waals surface area contributed by atoms with E-state index in [1.807, 2.05) is 44.6 Å². The zero-order chi connectivity index (χ0) is 18.2. The molecule has 0 saturated heterocycles. The van der Waals surface area contributed by atoms with E-state index in [2.05, 4.69) is 26.6 Å². The number of anilines is 1. The van der Waals surface area contributed by atoms with Crippen LogP contribution in [0.25, 0.3) is 0 Å². The van der Waals surface area contributed by atoms with Gasteiger partial charge in [0.25, 0.3) is 0 Å². The second kappa shape index (κ2) is 9.19. The van der Waals surface area contributed by atoms with Crippen molar-refractivity contribution in [2.75, 3.05) is 40.2 Å². The number of aromatic nitrogens is 1. The molecule has 134 valence electrons. The largest absolute Gasteiger partial charge is 0.497 e. The highest BCUT2D eigenvalue weighted by atomic mass is 32.1. The number of thiocarbonyl (C=S) groups is 1. The van der Waals surface area contributed by atoms with E-state index in [-0.39, 0.29) is 6.04 Å². The summed E-state index contributed by atoms with van der Waals surface area (Å²) < 4.78 is 10.6. The van der Waals surface area contributed by atoms with Crippen LogP contribution in [0.1, 0.15) is 11.6 Å². The zero-order valence-electron chi connectivity index (χ0n) is 14.9. The second-order valence-electron chi connectivity index (χ2n) is 5.67. The Bertz CT molecular complexity index is 695. The van der Waals surface area contributed by atoms with E-state index >= 15 is 0 Å². The number of benzene rings is 1. The molecule has 1 aromatic carbocycles. The zero-order valence-corrected chi connectivity index (χ0v) is 15.8. The summed E-state index contributed by atoms with van der Waals surface area (Å²) in [5, 5.41) is 6.93. The number of methoxy groups -OCH3 is 2. The van der Waals surface area contributed by atoms with Gasteiger partial charge in [-0.25, -0.2) is 0 Å². The van der Waals surface area contributed by atoms with Gasteiger partial charge in [0.1, 0.15) is 11.5 Å². The van der Waals surface area contributed by atoms with Crippen molar-refractivity contribution >= 4 is 23.0 Å². The fraction of sp³-hybridized carbons (Fsp3) is 0.333. The Labute approximate surface area is 154 Å². The maximum atomic E-state index is 5.43. The smallest absolute Gasteiger partial charge is 0.170 e. The molecule has 1 atom stereocenters. The first-order valence-electron chi connectivity index (χ1n) is 7.88. The van der Waals surface area contributed by atoms with Crippen LogP contribution in [0.2, 0.25) is 0 Å². The monoisotopic (exact) mass is 360 g/mol. The van der Waals surface area contributed by atoms with E-state index in [0.29, 0.717) is 17.4 Å². The molecular weight excluding hydrogens is 336 g/mol. The van der Waals surface area contributed by atoms with E-state index in [0.717, 1.165) is 17.0 Å². The quantitative estimate of drug-likeness (QED) is 0.736. The molecule has 0 fully saturated rings. The summed E-state index contributed by atoms with van der Waals surface area (Å²) in [5.41, 5.74) is 1.88. The molecule has 6 nitrogen and oxygen atoms in total. The summed E-state index contributed by atoms with van der Waals surface area (Å²) >= 11 is 5.43. The first-order valence-corrected chi connectivity index (χ1v) is 8.29. The Morgan fingerprint density at radius 3 is 2.64 bits per heavy atom. The van der Waals surface area contributed by atoms with Crippen LogP contribution in [0, 0.1) is 0 Å². The maximum Gasteiger partial charge on any atom is 0.170 e. The molecule has 2 rings (SSSR count). The van der Waals surface area contributed by atoms with Crippen molar-refractivity contribution in [3.8, 4) is 11.5 Å². The van der Waals surface area contributed by atoms with E-state index in [9.17, 15) is 0 Å². The standard InChI is InChI=1S/C18H24N4O2S/c1-22(2)16(13-6-5-9-19-11-13)12-20-18(25)21-15-10-14(23-3)7-8-17(15)24-4/h5-11,16H,12H2,1-4H3,(H2,20,21,25)/t16-/m1/s1. The number of likely N-dealkylation sites (N-methyl/N-ethyl adjacent to an activating group) is 1. The summed E-state index contributed by atoms with van der Waals surface area (Å²) in [6, 6.07) is 9.66. The summed E-state index contributed by atoms with van der Waals surface area (Å²) in [5.74, 6) is 1.42. The van der Waals surface area contributed by atoms with Gasteiger partial charge in [0, 0.05) is 25.0 Å². The number of nitrogens with one attached hydrogen (secondary N) is 2. The predicted molar refractivity (Wildman–Crippen MR) is 104 cm³/mol. The second-order valence-corrected chi connectivity index (χ2v) is 6.08. The van der Waals surface area contributed by atoms with Crippen LogP contribution < -0.4 is 20.1 Å². The summed E-state index contributed by atoms with van der Waals surface area (Å²) in [4.78, 5) is 6.32. The van der Waals surface area contributed by atoms with Crippen molar-refractivity contribution < 1.29 is 9.47 Å². The van der Waals surface area contributed by atoms with E-state index in [4.69, 9.17) is 21.7 Å². The third-order valence-electron chi connectivity index (χ3n) is 3.80. The van der Waals surface area contributed by atoms with Crippen molar-refractivity contribution in [1.29, 1.82) is 0 Å². The Balaban J connectivity index is 2.02. The van der Waals surface area contributed by atoms with E-state index in [1.54, 1.807) is 20.4 Å². The number of rotatable bonds is 7. The molecule has 0 spiro atoms. The SMILES string of the molecule is COc1ccc(OC)c(NC(=S)NC[C@H](c2cccnc2)N(C)C)c1. The molecule has 1 heterocycles. The molecule has 0 saturated carbocycles. The van der Waals surface area contributed by atoms with Gasteiger partial charge in [-0.2, -0.15) is 0 Å². The molecule has 25 heavy (non-hydrogen) atoms. The molecule has 0 aliphatic rings. The van der Waals surface area contributed by atoms with Gasteiger partial charge < -0.3 is 25.0 Å². The number of ether oxygens (including phenoxy) is 2. The average molecular weight is 360 g/mol. The van der Waals surface area contributed by atoms with Gasteiger partial charge in [0.05, 0.1) is 25.9 Å². The lowest BCUT2D eigenvalue weighted by Crippen LogP contribution is -2.36. The highest BCUT2D eigenvalue weighted by Gasteiger charge is 2.15. The highest BCUT2D eigenvalue weighted by Crippen LogP contribution is 2.28. The van der Waals surface area contributed by atoms with Gasteiger partial charge in [-0.1, -0.05) is 6.07 Å². The third kappa shape index (κ3) is 5.30. The van der Waals surface area contributed by atoms with Gasteiger partial charge in [-0.15, -0.1) is 0 Å². The van der Waals surface area contributed by atoms with Gasteiger partial charge >= 0.3 is 0 Å². The maximum absolute atomic E-state index is 5.43. The molecule has 1 aromatic heterocycles. The molecule has 0 amide bonds. The first-order chi connectivity index (χ1) is 12.0. The minimum atomic E-state index is 0.153. The van der Waals surface area contributed by atoms with Crippen LogP contribution in [-0.2, 0) is 0 Å². The fourth-order valence-corrected chi connectivity index (χ4v) is 2.63. The summed E-state index contributed by atoms with van der Waals surface area (Å²) in [7, 11) is 7.30. The Hall–Kier alpha value is -2.38. The Kier molecular flexibility index (Phi) is 6.97. The first kappa shape index (κ1) is 19.0. The Morgan fingerprint density at radius 1 is 1.24 bits per heavy atom. The number of nitrogens with zero attached hydrogens (tertiary/aromatic N) is 2. The van der Waals surface area contributed by atoms with E-state index in [1.165, 1.54) is 0 Å². The third-order valence-corrected chi connectivity index (χ3v) is 4.05. The molecule has 0 bridgehead atoms. The van der Waals surface area contributed by atoms with Crippen LogP contribution in [0.15, 0.2) is 42.7 Å². The van der Waals surface area contributed by atoms with Crippen LogP contribution >= 0.6 is 12.2 Å². The average Bonchev–Trinajstić information content (AvgIpc) is 2.62. The minimum absolute atomic E-state index is 0.153. The van der Waals surface area contributed by atoms with Gasteiger partial charge in [0.15, 0.2) is 5.11 Å². The molecule has 0 aliphatic carbocycles. The van der Waals surface area contributed by atoms with Gasteiger partial charge in [-0.3, -0.25) is 4.98 Å². The summed E-state index contributed by atoms with van der Waals surface area (Å²) in [6.07, 6.45) is 3.64. The number of hydrogen-bond donors (Lipinski definition) is 2. The number of pyridine rings is 1. The lowest BCUT2D eigenvalue weighted by molar-refractivity contribution is 0.298. The van der Waals surface area contributed by atoms with Crippen LogP contribution in [0.4, 0.5) is 5.69 Å². The molecule has 7 heteroatoms. The minimum Gasteiger partial charge on any atom is -0.497 e. The molecule has 0 radical (unpaired) electrons. The molecular formula is C18H24N4O2S. The van der Waals surface area contributed by atoms with Gasteiger partial charge in [-0.05, 0) is 50.1 Å². The Morgan fingerprint density at radius 2 is 2.04 bits per heavy atom. The molecule has 0 unspecified atom stereocenters. The lowest BCUT2D eigenvalue weighted by Gasteiger charge is -2.25. The number of hydrogen-bond acceptors (Lipinski definition) is 5. The van der Waals surface area contributed by atoms with Crippen LogP contribution in [0.3, 0.4) is 0 Å². The van der Waals surface area contributed by atoms with Crippen LogP contribution in [-0.4, -0.2) is 49.9 Å².